The van der Waals surface area contributed by atoms with Crippen molar-refractivity contribution in [2.24, 2.45) is 0 Å². The van der Waals surface area contributed by atoms with Gasteiger partial charge in [-0.3, -0.25) is 4.79 Å². The predicted octanol–water partition coefficient (Wildman–Crippen LogP) is 5.03. The van der Waals surface area contributed by atoms with Gasteiger partial charge in [0.05, 0.1) is 0 Å². The summed E-state index contributed by atoms with van der Waals surface area (Å²) < 4.78 is 0. The molecule has 23 heavy (non-hydrogen) atoms. The van der Waals surface area contributed by atoms with Gasteiger partial charge in [-0.15, -0.1) is 0 Å². The summed E-state index contributed by atoms with van der Waals surface area (Å²) >= 11 is 0. The van der Waals surface area contributed by atoms with Crippen LogP contribution < -0.4 is 5.32 Å². The lowest BCUT2D eigenvalue weighted by atomic mass is 9.97. The molecule has 1 N–H and O–H groups in total. The van der Waals surface area contributed by atoms with E-state index >= 15 is 0 Å². The second-order valence-corrected chi connectivity index (χ2v) is 5.58. The average Bonchev–Trinajstić information content (AvgIpc) is 2.62. The summed E-state index contributed by atoms with van der Waals surface area (Å²) in [6, 6.07) is 26.9. The molecule has 0 unspecified atom stereocenters. The van der Waals surface area contributed by atoms with Gasteiger partial charge >= 0.3 is 0 Å². The SMILES string of the molecule is Cc1ccc(N[C@@H](C(=O)c2ccccc2)c2ccccc2)cc1. The third-order valence-corrected chi connectivity index (χ3v) is 3.82. The van der Waals surface area contributed by atoms with Crippen LogP contribution in [0.15, 0.2) is 84.9 Å². The van der Waals surface area contributed by atoms with Crippen molar-refractivity contribution in [1.29, 1.82) is 0 Å². The van der Waals surface area contributed by atoms with E-state index in [1.165, 1.54) is 5.56 Å². The van der Waals surface area contributed by atoms with Crippen LogP contribution in [0.5, 0.6) is 0 Å². The van der Waals surface area contributed by atoms with Crippen molar-refractivity contribution in [3.63, 3.8) is 0 Å². The molecule has 0 saturated carbocycles. The van der Waals surface area contributed by atoms with Crippen LogP contribution in [0.25, 0.3) is 0 Å². The summed E-state index contributed by atoms with van der Waals surface area (Å²) in [4.78, 5) is 13.0. The molecule has 0 aliphatic carbocycles. The van der Waals surface area contributed by atoms with E-state index in [4.69, 9.17) is 0 Å². The Hall–Kier alpha value is -2.87. The summed E-state index contributed by atoms with van der Waals surface area (Å²) in [6.07, 6.45) is 0. The third-order valence-electron chi connectivity index (χ3n) is 3.82. The number of hydrogen-bond acceptors (Lipinski definition) is 2. The predicted molar refractivity (Wildman–Crippen MR) is 94.8 cm³/mol. The lowest BCUT2D eigenvalue weighted by Crippen LogP contribution is -2.21. The number of benzene rings is 3. The molecule has 0 aliphatic rings. The number of carbonyl (C=O) groups is 1. The highest BCUT2D eigenvalue weighted by Gasteiger charge is 2.21. The van der Waals surface area contributed by atoms with Gasteiger partial charge in [0.15, 0.2) is 5.78 Å². The molecule has 0 spiro atoms. The van der Waals surface area contributed by atoms with Gasteiger partial charge in [0.2, 0.25) is 0 Å². The van der Waals surface area contributed by atoms with Crippen LogP contribution in [-0.4, -0.2) is 5.78 Å². The minimum atomic E-state index is -0.402. The van der Waals surface area contributed by atoms with Gasteiger partial charge in [-0.05, 0) is 24.6 Å². The summed E-state index contributed by atoms with van der Waals surface area (Å²) in [5, 5.41) is 3.37. The van der Waals surface area contributed by atoms with E-state index in [1.54, 1.807) is 0 Å². The fourth-order valence-electron chi connectivity index (χ4n) is 2.53. The Kier molecular flexibility index (Phi) is 4.53. The van der Waals surface area contributed by atoms with Crippen molar-refractivity contribution in [2.75, 3.05) is 5.32 Å². The van der Waals surface area contributed by atoms with Crippen LogP contribution in [-0.2, 0) is 0 Å². The Bertz CT molecular complexity index is 764. The van der Waals surface area contributed by atoms with Crippen LogP contribution in [0, 0.1) is 6.92 Å². The highest BCUT2D eigenvalue weighted by Crippen LogP contribution is 2.24. The molecule has 0 aliphatic heterocycles. The second kappa shape index (κ2) is 6.93. The molecule has 3 aromatic carbocycles. The number of anilines is 1. The number of aryl methyl sites for hydroxylation is 1. The molecule has 0 heterocycles. The molecule has 0 radical (unpaired) electrons. The van der Waals surface area contributed by atoms with E-state index in [-0.39, 0.29) is 5.78 Å². The number of nitrogens with one attached hydrogen (secondary N) is 1. The van der Waals surface area contributed by atoms with Crippen LogP contribution >= 0.6 is 0 Å². The van der Waals surface area contributed by atoms with E-state index in [1.807, 2.05) is 91.9 Å². The van der Waals surface area contributed by atoms with Crippen LogP contribution in [0.1, 0.15) is 27.5 Å². The fourth-order valence-corrected chi connectivity index (χ4v) is 2.53. The molecular weight excluding hydrogens is 282 g/mol. The molecule has 2 heteroatoms. The zero-order chi connectivity index (χ0) is 16.1. The van der Waals surface area contributed by atoms with Crippen molar-refractivity contribution in [3.05, 3.63) is 102 Å². The molecule has 1 atom stereocenters. The Morgan fingerprint density at radius 3 is 1.96 bits per heavy atom. The quantitative estimate of drug-likeness (QED) is 0.670. The largest absolute Gasteiger partial charge is 0.371 e. The maximum atomic E-state index is 13.0. The molecule has 2 nitrogen and oxygen atoms in total. The first kappa shape index (κ1) is 15.0. The minimum Gasteiger partial charge on any atom is -0.371 e. The van der Waals surface area contributed by atoms with Gasteiger partial charge in [0.1, 0.15) is 6.04 Å². The first-order valence-corrected chi connectivity index (χ1v) is 7.71. The van der Waals surface area contributed by atoms with Crippen molar-refractivity contribution >= 4 is 11.5 Å². The Morgan fingerprint density at radius 1 is 0.783 bits per heavy atom. The van der Waals surface area contributed by atoms with Gasteiger partial charge in [-0.25, -0.2) is 0 Å². The summed E-state index contributed by atoms with van der Waals surface area (Å²) in [5.41, 5.74) is 3.80. The van der Waals surface area contributed by atoms with Crippen LogP contribution in [0.2, 0.25) is 0 Å². The number of rotatable bonds is 5. The van der Waals surface area contributed by atoms with Crippen molar-refractivity contribution in [3.8, 4) is 0 Å². The highest BCUT2D eigenvalue weighted by molar-refractivity contribution is 6.02. The molecule has 0 amide bonds. The molecule has 0 aromatic heterocycles. The molecule has 0 bridgehead atoms. The zero-order valence-corrected chi connectivity index (χ0v) is 13.1. The van der Waals surface area contributed by atoms with Gasteiger partial charge in [0.25, 0.3) is 0 Å². The highest BCUT2D eigenvalue weighted by atomic mass is 16.1. The first-order chi connectivity index (χ1) is 11.2. The fraction of sp³-hybridized carbons (Fsp3) is 0.0952. The molecule has 114 valence electrons. The van der Waals surface area contributed by atoms with Gasteiger partial charge < -0.3 is 5.32 Å². The van der Waals surface area contributed by atoms with Gasteiger partial charge in [0, 0.05) is 11.3 Å². The van der Waals surface area contributed by atoms with Crippen molar-refractivity contribution in [2.45, 2.75) is 13.0 Å². The van der Waals surface area contributed by atoms with E-state index < -0.39 is 6.04 Å². The number of hydrogen-bond donors (Lipinski definition) is 1. The lowest BCUT2D eigenvalue weighted by molar-refractivity contribution is 0.0969. The number of Topliss-reactive ketones (excluding diaryl/α,β-unsaturated/α-hetero) is 1. The Labute approximate surface area is 136 Å². The van der Waals surface area contributed by atoms with E-state index in [0.717, 1.165) is 11.3 Å². The van der Waals surface area contributed by atoms with Crippen LogP contribution in [0.4, 0.5) is 5.69 Å². The Balaban J connectivity index is 1.94. The smallest absolute Gasteiger partial charge is 0.189 e. The number of carbonyl (C=O) groups excluding carboxylic acids is 1. The summed E-state index contributed by atoms with van der Waals surface area (Å²) in [5.74, 6) is 0.0670. The van der Waals surface area contributed by atoms with E-state index in [2.05, 4.69) is 5.32 Å². The first-order valence-electron chi connectivity index (χ1n) is 7.71. The monoisotopic (exact) mass is 301 g/mol. The number of ketones is 1. The zero-order valence-electron chi connectivity index (χ0n) is 13.1. The topological polar surface area (TPSA) is 29.1 Å². The normalized spacial score (nSPS) is 11.7. The Morgan fingerprint density at radius 2 is 1.35 bits per heavy atom. The van der Waals surface area contributed by atoms with Gasteiger partial charge in [-0.2, -0.15) is 0 Å². The van der Waals surface area contributed by atoms with Gasteiger partial charge in [-0.1, -0.05) is 78.4 Å². The lowest BCUT2D eigenvalue weighted by Gasteiger charge is -2.19. The molecule has 3 rings (SSSR count). The van der Waals surface area contributed by atoms with E-state index in [9.17, 15) is 4.79 Å². The van der Waals surface area contributed by atoms with Crippen molar-refractivity contribution < 1.29 is 4.79 Å². The van der Waals surface area contributed by atoms with Crippen molar-refractivity contribution in [1.82, 2.24) is 0 Å². The standard InChI is InChI=1S/C21H19NO/c1-16-12-14-19(15-13-16)22-20(17-8-4-2-5-9-17)21(23)18-10-6-3-7-11-18/h2-15,20,22H,1H3/t20-/m1/s1. The third kappa shape index (κ3) is 3.67. The molecule has 0 saturated heterocycles. The molecular formula is C21H19NO. The van der Waals surface area contributed by atoms with Crippen LogP contribution in [0.3, 0.4) is 0 Å². The summed E-state index contributed by atoms with van der Waals surface area (Å²) in [6.45, 7) is 2.05. The molecule has 3 aromatic rings. The maximum absolute atomic E-state index is 13.0. The second-order valence-electron chi connectivity index (χ2n) is 5.58. The van der Waals surface area contributed by atoms with E-state index in [0.29, 0.717) is 5.56 Å². The summed E-state index contributed by atoms with van der Waals surface area (Å²) in [7, 11) is 0. The maximum Gasteiger partial charge on any atom is 0.189 e. The average molecular weight is 301 g/mol. The minimum absolute atomic E-state index is 0.0670. The molecule has 0 fully saturated rings.